The summed E-state index contributed by atoms with van der Waals surface area (Å²) in [7, 11) is 0. The topological polar surface area (TPSA) is 77.8 Å². The van der Waals surface area contributed by atoms with Gasteiger partial charge in [0.1, 0.15) is 0 Å². The Morgan fingerprint density at radius 1 is 0.731 bits per heavy atom. The predicted octanol–water partition coefficient (Wildman–Crippen LogP) is 5.16. The number of allylic oxidation sites excluding steroid dienone is 4. The summed E-state index contributed by atoms with van der Waals surface area (Å²) < 4.78 is 0. The van der Waals surface area contributed by atoms with Crippen LogP contribution in [0.4, 0.5) is 0 Å². The first-order valence-corrected chi connectivity index (χ1v) is 10.2. The van der Waals surface area contributed by atoms with E-state index in [1.807, 2.05) is 24.3 Å². The van der Waals surface area contributed by atoms with E-state index in [0.29, 0.717) is 0 Å². The molecule has 0 aliphatic carbocycles. The van der Waals surface area contributed by atoms with Crippen LogP contribution in [-0.4, -0.2) is 33.5 Å². The second-order valence-corrected chi connectivity index (χ2v) is 6.84. The molecule has 0 aliphatic heterocycles. The van der Waals surface area contributed by atoms with Crippen LogP contribution >= 0.6 is 0 Å². The van der Waals surface area contributed by atoms with E-state index >= 15 is 0 Å². The third kappa shape index (κ3) is 18.9. The fraction of sp³-hybridized carbons (Fsp3) is 0.682. The summed E-state index contributed by atoms with van der Waals surface area (Å²) in [6.45, 7) is 2.15. The lowest BCUT2D eigenvalue weighted by Crippen LogP contribution is -2.01. The predicted molar refractivity (Wildman–Crippen MR) is 108 cm³/mol. The van der Waals surface area contributed by atoms with E-state index in [9.17, 15) is 15.0 Å². The molecule has 0 aromatic rings. The van der Waals surface area contributed by atoms with Crippen molar-refractivity contribution < 1.29 is 20.1 Å². The van der Waals surface area contributed by atoms with E-state index in [0.717, 1.165) is 70.6 Å². The Bertz CT molecular complexity index is 412. The number of carbonyl (C=O) groups is 1. The number of carboxylic acid groups (broad SMARTS) is 1. The van der Waals surface area contributed by atoms with Crippen molar-refractivity contribution in [2.24, 2.45) is 0 Å². The molecule has 0 aromatic heterocycles. The van der Waals surface area contributed by atoms with Crippen molar-refractivity contribution in [1.82, 2.24) is 0 Å². The molecule has 2 atom stereocenters. The van der Waals surface area contributed by atoms with Gasteiger partial charge in [0.25, 0.3) is 0 Å². The molecule has 0 radical (unpaired) electrons. The maximum atomic E-state index is 10.4. The molecule has 0 aliphatic rings. The van der Waals surface area contributed by atoms with Crippen LogP contribution in [0.15, 0.2) is 36.5 Å². The third-order valence-corrected chi connectivity index (χ3v) is 4.24. The number of aliphatic hydroxyl groups is 2. The summed E-state index contributed by atoms with van der Waals surface area (Å²) in [5.74, 6) is -0.715. The Balaban J connectivity index is 3.61. The summed E-state index contributed by atoms with van der Waals surface area (Å²) >= 11 is 0. The van der Waals surface area contributed by atoms with E-state index in [1.165, 1.54) is 0 Å². The minimum absolute atomic E-state index is 0.268. The monoisotopic (exact) mass is 366 g/mol. The van der Waals surface area contributed by atoms with Crippen LogP contribution in [0.2, 0.25) is 0 Å². The maximum Gasteiger partial charge on any atom is 0.303 e. The summed E-state index contributed by atoms with van der Waals surface area (Å²) in [5.41, 5.74) is 0. The van der Waals surface area contributed by atoms with Crippen LogP contribution in [-0.2, 0) is 4.79 Å². The van der Waals surface area contributed by atoms with Crippen molar-refractivity contribution in [2.75, 3.05) is 0 Å². The minimum Gasteiger partial charge on any atom is -0.481 e. The van der Waals surface area contributed by atoms with Gasteiger partial charge in [-0.15, -0.1) is 0 Å². The highest BCUT2D eigenvalue weighted by Gasteiger charge is 2.00. The van der Waals surface area contributed by atoms with Gasteiger partial charge in [0, 0.05) is 6.42 Å². The highest BCUT2D eigenvalue weighted by atomic mass is 16.4. The van der Waals surface area contributed by atoms with Gasteiger partial charge in [-0.3, -0.25) is 4.79 Å². The van der Waals surface area contributed by atoms with Crippen molar-refractivity contribution in [1.29, 1.82) is 0 Å². The number of unbranched alkanes of at least 4 members (excludes halogenated alkanes) is 7. The summed E-state index contributed by atoms with van der Waals surface area (Å²) in [4.78, 5) is 10.4. The summed E-state index contributed by atoms with van der Waals surface area (Å²) in [5, 5.41) is 28.1. The molecule has 0 saturated carbocycles. The molecule has 0 spiro atoms. The van der Waals surface area contributed by atoms with Gasteiger partial charge in [-0.2, -0.15) is 0 Å². The Hall–Kier alpha value is -1.39. The van der Waals surface area contributed by atoms with Gasteiger partial charge in [-0.05, 0) is 19.3 Å². The maximum absolute atomic E-state index is 10.4. The lowest BCUT2D eigenvalue weighted by Gasteiger charge is -2.05. The molecule has 0 rings (SSSR count). The van der Waals surface area contributed by atoms with E-state index in [-0.39, 0.29) is 12.5 Å². The van der Waals surface area contributed by atoms with Crippen molar-refractivity contribution in [3.63, 3.8) is 0 Å². The molecule has 0 amide bonds. The van der Waals surface area contributed by atoms with Gasteiger partial charge in [0.05, 0.1) is 12.2 Å². The van der Waals surface area contributed by atoms with Gasteiger partial charge in [0.2, 0.25) is 0 Å². The van der Waals surface area contributed by atoms with Gasteiger partial charge < -0.3 is 15.3 Å². The molecule has 4 nitrogen and oxygen atoms in total. The van der Waals surface area contributed by atoms with E-state index in [1.54, 1.807) is 12.2 Å². The standard InChI is InChI=1S/C22H38O4/c1-2-3-10-15-20(23)17-12-8-9-13-18-21(24)16-11-6-4-5-7-14-19-22(25)26/h8-9,12-13,17-18,20-21,23-24H,2-7,10-11,14-16,19H2,1H3,(H,25,26)/b9-8-,17-12+,18-13+/t20-,21?/m0/s1. The van der Waals surface area contributed by atoms with Crippen molar-refractivity contribution in [2.45, 2.75) is 96.2 Å². The fourth-order valence-electron chi connectivity index (χ4n) is 2.65. The van der Waals surface area contributed by atoms with E-state index < -0.39 is 12.1 Å². The summed E-state index contributed by atoms with van der Waals surface area (Å²) in [6, 6.07) is 0. The second-order valence-electron chi connectivity index (χ2n) is 6.84. The Kier molecular flexibility index (Phi) is 17.4. The van der Waals surface area contributed by atoms with Crippen molar-refractivity contribution >= 4 is 5.97 Å². The first-order valence-electron chi connectivity index (χ1n) is 10.2. The number of hydrogen-bond acceptors (Lipinski definition) is 3. The van der Waals surface area contributed by atoms with Crippen LogP contribution in [0, 0.1) is 0 Å². The number of aliphatic carboxylic acids is 1. The van der Waals surface area contributed by atoms with Crippen molar-refractivity contribution in [3.8, 4) is 0 Å². The number of aliphatic hydroxyl groups excluding tert-OH is 2. The molecule has 3 N–H and O–H groups in total. The van der Waals surface area contributed by atoms with Crippen LogP contribution in [0.25, 0.3) is 0 Å². The van der Waals surface area contributed by atoms with E-state index in [2.05, 4.69) is 6.92 Å². The van der Waals surface area contributed by atoms with Crippen LogP contribution in [0.3, 0.4) is 0 Å². The van der Waals surface area contributed by atoms with Crippen LogP contribution < -0.4 is 0 Å². The largest absolute Gasteiger partial charge is 0.481 e. The minimum atomic E-state index is -0.715. The zero-order valence-electron chi connectivity index (χ0n) is 16.4. The second kappa shape index (κ2) is 18.4. The molecule has 150 valence electrons. The zero-order valence-corrected chi connectivity index (χ0v) is 16.4. The van der Waals surface area contributed by atoms with Gasteiger partial charge >= 0.3 is 5.97 Å². The highest BCUT2D eigenvalue weighted by molar-refractivity contribution is 5.66. The average molecular weight is 367 g/mol. The number of carboxylic acids is 1. The molecular formula is C22H38O4. The third-order valence-electron chi connectivity index (χ3n) is 4.24. The first kappa shape index (κ1) is 24.6. The fourth-order valence-corrected chi connectivity index (χ4v) is 2.65. The lowest BCUT2D eigenvalue weighted by atomic mass is 10.1. The van der Waals surface area contributed by atoms with Crippen LogP contribution in [0.1, 0.15) is 84.0 Å². The summed E-state index contributed by atoms with van der Waals surface area (Å²) in [6.07, 6.45) is 21.4. The molecule has 26 heavy (non-hydrogen) atoms. The molecule has 0 aromatic carbocycles. The molecular weight excluding hydrogens is 328 g/mol. The van der Waals surface area contributed by atoms with Gasteiger partial charge in [0.15, 0.2) is 0 Å². The van der Waals surface area contributed by atoms with Crippen molar-refractivity contribution in [3.05, 3.63) is 36.5 Å². The highest BCUT2D eigenvalue weighted by Crippen LogP contribution is 2.10. The molecule has 0 fully saturated rings. The number of hydrogen-bond donors (Lipinski definition) is 3. The Labute approximate surface area is 159 Å². The SMILES string of the molecule is CCCCC[C@H](O)/C=C/C=C\C=C\C(O)CCCCCCCCC(=O)O. The van der Waals surface area contributed by atoms with Crippen LogP contribution in [0.5, 0.6) is 0 Å². The van der Waals surface area contributed by atoms with Gasteiger partial charge in [-0.25, -0.2) is 0 Å². The quantitative estimate of drug-likeness (QED) is 0.245. The molecule has 0 saturated heterocycles. The smallest absolute Gasteiger partial charge is 0.303 e. The normalized spacial score (nSPS) is 14.6. The zero-order chi connectivity index (χ0) is 19.5. The lowest BCUT2D eigenvalue weighted by molar-refractivity contribution is -0.137. The Morgan fingerprint density at radius 3 is 1.69 bits per heavy atom. The molecule has 4 heteroatoms. The van der Waals surface area contributed by atoms with Gasteiger partial charge in [-0.1, -0.05) is 94.7 Å². The molecule has 0 bridgehead atoms. The Morgan fingerprint density at radius 2 is 1.19 bits per heavy atom. The molecule has 1 unspecified atom stereocenters. The number of rotatable bonds is 17. The molecule has 0 heterocycles. The van der Waals surface area contributed by atoms with E-state index in [4.69, 9.17) is 5.11 Å². The first-order chi connectivity index (χ1) is 12.6. The average Bonchev–Trinajstić information content (AvgIpc) is 2.60.